The van der Waals surface area contributed by atoms with Crippen molar-refractivity contribution in [2.24, 2.45) is 0 Å². The summed E-state index contributed by atoms with van der Waals surface area (Å²) in [7, 11) is 1.61. The van der Waals surface area contributed by atoms with Crippen LogP contribution in [0.2, 0.25) is 0 Å². The average Bonchev–Trinajstić information content (AvgIpc) is 3.18. The van der Waals surface area contributed by atoms with E-state index < -0.39 is 5.60 Å². The average molecular weight is 402 g/mol. The molecule has 0 radical (unpaired) electrons. The summed E-state index contributed by atoms with van der Waals surface area (Å²) in [6.45, 7) is 3.46. The van der Waals surface area contributed by atoms with Gasteiger partial charge in [0.05, 0.1) is 7.11 Å². The minimum atomic E-state index is -1.03. The van der Waals surface area contributed by atoms with Crippen LogP contribution >= 0.6 is 0 Å². The molecule has 4 rings (SSSR count). The number of nitrogens with one attached hydrogen (secondary N) is 1. The van der Waals surface area contributed by atoms with Crippen LogP contribution in [0.25, 0.3) is 22.6 Å². The van der Waals surface area contributed by atoms with E-state index in [2.05, 4.69) is 10.3 Å². The molecule has 1 amide bonds. The largest absolute Gasteiger partial charge is 0.497 e. The van der Waals surface area contributed by atoms with Crippen LogP contribution in [0.4, 0.5) is 5.69 Å². The summed E-state index contributed by atoms with van der Waals surface area (Å²) >= 11 is 0. The molecule has 6 nitrogen and oxygen atoms in total. The minimum Gasteiger partial charge on any atom is -0.497 e. The molecule has 152 valence electrons. The molecule has 0 fully saturated rings. The molecule has 30 heavy (non-hydrogen) atoms. The number of anilines is 1. The number of para-hydroxylation sites is 1. The van der Waals surface area contributed by atoms with E-state index in [1.54, 1.807) is 33.1 Å². The number of benzene rings is 3. The van der Waals surface area contributed by atoms with Gasteiger partial charge < -0.3 is 19.2 Å². The van der Waals surface area contributed by atoms with E-state index in [0.717, 1.165) is 16.8 Å². The lowest BCUT2D eigenvalue weighted by Crippen LogP contribution is -2.42. The maximum absolute atomic E-state index is 12.7. The number of ether oxygens (including phenoxy) is 2. The Kier molecular flexibility index (Phi) is 5.14. The molecule has 0 aliphatic carbocycles. The van der Waals surface area contributed by atoms with Gasteiger partial charge in [-0.2, -0.15) is 0 Å². The zero-order valence-electron chi connectivity index (χ0n) is 17.0. The zero-order valence-corrected chi connectivity index (χ0v) is 17.0. The topological polar surface area (TPSA) is 73.6 Å². The predicted molar refractivity (Wildman–Crippen MR) is 116 cm³/mol. The van der Waals surface area contributed by atoms with Gasteiger partial charge in [0, 0.05) is 17.3 Å². The Morgan fingerprint density at radius 3 is 2.40 bits per heavy atom. The standard InChI is InChI=1S/C24H22N2O4/c1-24(2,30-18-7-5-4-6-8-18)23(27)25-17-11-9-16(10-12-17)22-26-20-15-19(28-3)13-14-21(20)29-22/h4-15H,1-3H3,(H,25,27). The molecule has 1 aromatic heterocycles. The smallest absolute Gasteiger partial charge is 0.267 e. The van der Waals surface area contributed by atoms with Gasteiger partial charge >= 0.3 is 0 Å². The second kappa shape index (κ2) is 7.91. The third kappa shape index (κ3) is 4.12. The number of hydrogen-bond acceptors (Lipinski definition) is 5. The van der Waals surface area contributed by atoms with Crippen LogP contribution in [0.5, 0.6) is 11.5 Å². The number of fused-ring (bicyclic) bond motifs is 1. The van der Waals surface area contributed by atoms with E-state index in [4.69, 9.17) is 13.9 Å². The fraction of sp³-hybridized carbons (Fsp3) is 0.167. The Bertz CT molecular complexity index is 1170. The van der Waals surface area contributed by atoms with Gasteiger partial charge in [-0.3, -0.25) is 4.79 Å². The number of carbonyl (C=O) groups is 1. The van der Waals surface area contributed by atoms with E-state index in [1.165, 1.54) is 0 Å². The number of methoxy groups -OCH3 is 1. The number of oxazole rings is 1. The molecule has 0 bridgehead atoms. The molecule has 1 N–H and O–H groups in total. The summed E-state index contributed by atoms with van der Waals surface area (Å²) in [5.74, 6) is 1.62. The van der Waals surface area contributed by atoms with Crippen LogP contribution in [0.1, 0.15) is 13.8 Å². The van der Waals surface area contributed by atoms with E-state index in [0.29, 0.717) is 22.9 Å². The number of amides is 1. The quantitative estimate of drug-likeness (QED) is 0.474. The molecular formula is C24H22N2O4. The number of rotatable bonds is 6. The van der Waals surface area contributed by atoms with Crippen molar-refractivity contribution in [1.29, 1.82) is 0 Å². The van der Waals surface area contributed by atoms with Crippen LogP contribution in [-0.2, 0) is 4.79 Å². The third-order valence-electron chi connectivity index (χ3n) is 4.65. The molecule has 1 heterocycles. The molecule has 4 aromatic rings. The summed E-state index contributed by atoms with van der Waals surface area (Å²) in [5, 5.41) is 2.89. The highest BCUT2D eigenvalue weighted by Gasteiger charge is 2.30. The van der Waals surface area contributed by atoms with Crippen molar-refractivity contribution in [2.45, 2.75) is 19.4 Å². The molecule has 0 unspecified atom stereocenters. The highest BCUT2D eigenvalue weighted by Crippen LogP contribution is 2.28. The van der Waals surface area contributed by atoms with Gasteiger partial charge in [0.2, 0.25) is 5.89 Å². The van der Waals surface area contributed by atoms with Gasteiger partial charge in [-0.25, -0.2) is 4.98 Å². The molecule has 0 aliphatic rings. The SMILES string of the molecule is COc1ccc2oc(-c3ccc(NC(=O)C(C)(C)Oc4ccccc4)cc3)nc2c1. The Morgan fingerprint density at radius 1 is 0.967 bits per heavy atom. The van der Waals surface area contributed by atoms with E-state index >= 15 is 0 Å². The molecule has 0 saturated carbocycles. The minimum absolute atomic E-state index is 0.243. The maximum Gasteiger partial charge on any atom is 0.267 e. The van der Waals surface area contributed by atoms with Crippen LogP contribution in [0, 0.1) is 0 Å². The second-order valence-corrected chi connectivity index (χ2v) is 7.31. The molecule has 0 atom stereocenters. The zero-order chi connectivity index (χ0) is 21.1. The van der Waals surface area contributed by atoms with Gasteiger partial charge in [0.15, 0.2) is 11.2 Å². The van der Waals surface area contributed by atoms with Crippen LogP contribution in [-0.4, -0.2) is 23.6 Å². The van der Waals surface area contributed by atoms with E-state index in [1.807, 2.05) is 60.7 Å². The summed E-state index contributed by atoms with van der Waals surface area (Å²) in [6.07, 6.45) is 0. The first-order valence-corrected chi connectivity index (χ1v) is 9.55. The maximum atomic E-state index is 12.7. The van der Waals surface area contributed by atoms with Crippen LogP contribution < -0.4 is 14.8 Å². The number of nitrogens with zero attached hydrogens (tertiary/aromatic N) is 1. The lowest BCUT2D eigenvalue weighted by atomic mass is 10.1. The van der Waals surface area contributed by atoms with Crippen molar-refractivity contribution in [3.8, 4) is 23.0 Å². The van der Waals surface area contributed by atoms with Crippen LogP contribution in [0.3, 0.4) is 0 Å². The summed E-state index contributed by atoms with van der Waals surface area (Å²) in [4.78, 5) is 17.2. The van der Waals surface area contributed by atoms with Crippen molar-refractivity contribution in [3.63, 3.8) is 0 Å². The first kappa shape index (κ1) is 19.5. The van der Waals surface area contributed by atoms with Gasteiger partial charge in [0.25, 0.3) is 5.91 Å². The van der Waals surface area contributed by atoms with Crippen molar-refractivity contribution in [1.82, 2.24) is 4.98 Å². The Morgan fingerprint density at radius 2 is 1.70 bits per heavy atom. The second-order valence-electron chi connectivity index (χ2n) is 7.31. The molecule has 3 aromatic carbocycles. The lowest BCUT2D eigenvalue weighted by molar-refractivity contribution is -0.128. The fourth-order valence-corrected chi connectivity index (χ4v) is 2.96. The number of carbonyl (C=O) groups excluding carboxylic acids is 1. The molecule has 0 saturated heterocycles. The predicted octanol–water partition coefficient (Wildman–Crippen LogP) is 5.30. The third-order valence-corrected chi connectivity index (χ3v) is 4.65. The molecule has 0 spiro atoms. The first-order valence-electron chi connectivity index (χ1n) is 9.55. The fourth-order valence-electron chi connectivity index (χ4n) is 2.96. The van der Waals surface area contributed by atoms with E-state index in [-0.39, 0.29) is 5.91 Å². The van der Waals surface area contributed by atoms with Gasteiger partial charge in [-0.05, 0) is 62.4 Å². The van der Waals surface area contributed by atoms with Gasteiger partial charge in [-0.15, -0.1) is 0 Å². The summed E-state index contributed by atoms with van der Waals surface area (Å²) in [6, 6.07) is 22.1. The summed E-state index contributed by atoms with van der Waals surface area (Å²) < 4.78 is 16.9. The highest BCUT2D eigenvalue weighted by molar-refractivity contribution is 5.97. The Labute approximate surface area is 174 Å². The van der Waals surface area contributed by atoms with Crippen molar-refractivity contribution in [2.75, 3.05) is 12.4 Å². The van der Waals surface area contributed by atoms with Gasteiger partial charge in [-0.1, -0.05) is 18.2 Å². The van der Waals surface area contributed by atoms with Crippen molar-refractivity contribution < 1.29 is 18.7 Å². The van der Waals surface area contributed by atoms with Crippen LogP contribution in [0.15, 0.2) is 77.2 Å². The Hall–Kier alpha value is -3.80. The number of hydrogen-bond donors (Lipinski definition) is 1. The van der Waals surface area contributed by atoms with Crippen molar-refractivity contribution >= 4 is 22.7 Å². The normalized spacial score (nSPS) is 11.3. The molecular weight excluding hydrogens is 380 g/mol. The summed E-state index contributed by atoms with van der Waals surface area (Å²) in [5.41, 5.74) is 1.85. The van der Waals surface area contributed by atoms with Gasteiger partial charge in [0.1, 0.15) is 17.0 Å². The Balaban J connectivity index is 1.47. The van der Waals surface area contributed by atoms with Crippen molar-refractivity contribution in [3.05, 3.63) is 72.8 Å². The van der Waals surface area contributed by atoms with E-state index in [9.17, 15) is 4.79 Å². The molecule has 6 heteroatoms. The first-order chi connectivity index (χ1) is 14.4. The monoisotopic (exact) mass is 402 g/mol. The highest BCUT2D eigenvalue weighted by atomic mass is 16.5. The lowest BCUT2D eigenvalue weighted by Gasteiger charge is -2.25. The number of aromatic nitrogens is 1. The molecule has 0 aliphatic heterocycles.